The lowest BCUT2D eigenvalue weighted by atomic mass is 9.95. The number of carbonyl (C=O) groups is 8. The quantitative estimate of drug-likeness (QED) is 0.0188. The van der Waals surface area contributed by atoms with Crippen molar-refractivity contribution in [2.45, 2.75) is 154 Å². The number of primary amides is 1. The first-order valence-electron chi connectivity index (χ1n) is 23.5. The van der Waals surface area contributed by atoms with E-state index in [0.717, 1.165) is 5.56 Å². The van der Waals surface area contributed by atoms with Crippen LogP contribution in [0.1, 0.15) is 105 Å². The second kappa shape index (κ2) is 32.2. The molecule has 21 N–H and O–H groups in total. The normalized spacial score (nSPS) is 14.9. The van der Waals surface area contributed by atoms with Gasteiger partial charge in [0.2, 0.25) is 47.3 Å². The lowest BCUT2D eigenvalue weighted by molar-refractivity contribution is -0.136. The van der Waals surface area contributed by atoms with E-state index in [4.69, 9.17) is 40.1 Å². The molecule has 24 nitrogen and oxygen atoms in total. The molecule has 0 aliphatic rings. The number of hydrogen-bond donors (Lipinski definition) is 14. The Balaban J connectivity index is 3.54. The van der Waals surface area contributed by atoms with E-state index < -0.39 is 102 Å². The molecule has 0 spiro atoms. The Bertz CT molecular complexity index is 1870. The predicted molar refractivity (Wildman–Crippen MR) is 264 cm³/mol. The zero-order valence-corrected chi connectivity index (χ0v) is 41.1. The van der Waals surface area contributed by atoms with Crippen LogP contribution in [0.15, 0.2) is 40.3 Å². The average molecular weight is 973 g/mol. The highest BCUT2D eigenvalue weighted by Crippen LogP contribution is 2.14. The number of aliphatic imine (C=N–C) groups is 2. The topological polar surface area (TPSA) is 428 Å². The fraction of sp³-hybridized carbons (Fsp3) is 0.644. The minimum atomic E-state index is -1.32. The van der Waals surface area contributed by atoms with Crippen LogP contribution in [0.4, 0.5) is 0 Å². The van der Waals surface area contributed by atoms with Gasteiger partial charge in [-0.3, -0.25) is 48.3 Å². The Morgan fingerprint density at radius 3 is 1.42 bits per heavy atom. The summed E-state index contributed by atoms with van der Waals surface area (Å²) < 4.78 is 0. The van der Waals surface area contributed by atoms with E-state index in [0.29, 0.717) is 25.8 Å². The molecule has 0 aliphatic heterocycles. The lowest BCUT2D eigenvalue weighted by Crippen LogP contribution is -2.61. The Labute approximate surface area is 405 Å². The molecule has 0 unspecified atom stereocenters. The number of nitrogens with two attached hydrogens (primary N) is 7. The molecule has 1 aromatic rings. The molecule has 0 fully saturated rings. The van der Waals surface area contributed by atoms with Gasteiger partial charge in [-0.2, -0.15) is 0 Å². The molecular weight excluding hydrogens is 893 g/mol. The monoisotopic (exact) mass is 973 g/mol. The van der Waals surface area contributed by atoms with Crippen molar-refractivity contribution in [2.24, 2.45) is 62.0 Å². The molecule has 0 saturated carbocycles. The Morgan fingerprint density at radius 2 is 0.986 bits per heavy atom. The van der Waals surface area contributed by atoms with Gasteiger partial charge in [-0.25, -0.2) is 0 Å². The largest absolute Gasteiger partial charge is 0.370 e. The van der Waals surface area contributed by atoms with E-state index in [1.807, 2.05) is 26.8 Å². The SMILES string of the molecule is CC[C@H](C)[C@H](NC(=O)[C@H](CC(C)C)NC(=O)[C@H](CCCN=C(N)N)NC(=O)[C@H](CCCN=C(N)N)NC(=O)[C@H](CCCCN)NC(=O)[C@H](C)NC(=O)[C@H](C)N)C(=O)N[C@@H](Cc1ccccc1)C(N)=O. The van der Waals surface area contributed by atoms with Crippen molar-refractivity contribution in [2.75, 3.05) is 19.6 Å². The summed E-state index contributed by atoms with van der Waals surface area (Å²) in [5.74, 6) is -6.63. The van der Waals surface area contributed by atoms with Crippen LogP contribution in [0.25, 0.3) is 0 Å². The molecule has 0 heterocycles. The zero-order valence-electron chi connectivity index (χ0n) is 41.1. The fourth-order valence-corrected chi connectivity index (χ4v) is 6.82. The van der Waals surface area contributed by atoms with Crippen molar-refractivity contribution in [3.8, 4) is 0 Å². The van der Waals surface area contributed by atoms with Gasteiger partial charge in [0.1, 0.15) is 42.3 Å². The summed E-state index contributed by atoms with van der Waals surface area (Å²) in [6, 6.07) is -0.213. The molecule has 1 rings (SSSR count). The number of nitrogens with one attached hydrogen (secondary N) is 7. The summed E-state index contributed by atoms with van der Waals surface area (Å²) in [7, 11) is 0. The number of amides is 8. The molecule has 1 aromatic carbocycles. The van der Waals surface area contributed by atoms with Crippen LogP contribution in [-0.2, 0) is 44.8 Å². The van der Waals surface area contributed by atoms with Gasteiger partial charge in [0.05, 0.1) is 6.04 Å². The second-order valence-corrected chi connectivity index (χ2v) is 17.6. The van der Waals surface area contributed by atoms with Crippen molar-refractivity contribution in [1.82, 2.24) is 37.2 Å². The number of hydrogen-bond acceptors (Lipinski definition) is 12. The lowest BCUT2D eigenvalue weighted by Gasteiger charge is -2.29. The molecule has 24 heteroatoms. The molecule has 388 valence electrons. The van der Waals surface area contributed by atoms with Gasteiger partial charge in [0.15, 0.2) is 11.9 Å². The summed E-state index contributed by atoms with van der Waals surface area (Å²) in [6.07, 6.45) is 2.07. The van der Waals surface area contributed by atoms with Crippen molar-refractivity contribution >= 4 is 59.2 Å². The number of carbonyl (C=O) groups excluding carboxylic acids is 8. The van der Waals surface area contributed by atoms with Crippen molar-refractivity contribution in [1.29, 1.82) is 0 Å². The van der Waals surface area contributed by atoms with Gasteiger partial charge in [-0.1, -0.05) is 64.4 Å². The number of nitrogens with zero attached hydrogens (tertiary/aromatic N) is 2. The smallest absolute Gasteiger partial charge is 0.243 e. The summed E-state index contributed by atoms with van der Waals surface area (Å²) in [6.45, 7) is 10.6. The molecule has 0 radical (unpaired) electrons. The maximum absolute atomic E-state index is 14.3. The van der Waals surface area contributed by atoms with E-state index in [2.05, 4.69) is 47.2 Å². The van der Waals surface area contributed by atoms with Crippen molar-refractivity contribution in [3.63, 3.8) is 0 Å². The van der Waals surface area contributed by atoms with Gasteiger partial charge in [0, 0.05) is 19.5 Å². The van der Waals surface area contributed by atoms with Gasteiger partial charge < -0.3 is 77.4 Å². The minimum Gasteiger partial charge on any atom is -0.370 e. The van der Waals surface area contributed by atoms with E-state index in [1.165, 1.54) is 13.8 Å². The Hall–Kier alpha value is -6.56. The molecule has 9 atom stereocenters. The van der Waals surface area contributed by atoms with Crippen LogP contribution >= 0.6 is 0 Å². The first kappa shape index (κ1) is 60.5. The molecule has 69 heavy (non-hydrogen) atoms. The highest BCUT2D eigenvalue weighted by Gasteiger charge is 2.35. The number of guanidine groups is 2. The van der Waals surface area contributed by atoms with E-state index in [-0.39, 0.29) is 75.9 Å². The molecule has 0 aliphatic carbocycles. The van der Waals surface area contributed by atoms with E-state index in [1.54, 1.807) is 31.2 Å². The van der Waals surface area contributed by atoms with Gasteiger partial charge in [-0.05, 0) is 89.2 Å². The zero-order chi connectivity index (χ0) is 52.2. The van der Waals surface area contributed by atoms with Crippen LogP contribution in [-0.4, -0.2) is 127 Å². The highest BCUT2D eigenvalue weighted by atomic mass is 16.2. The number of unbranched alkanes of at least 4 members (excludes halogenated alkanes) is 1. The van der Waals surface area contributed by atoms with Crippen LogP contribution in [0, 0.1) is 11.8 Å². The molecular formula is C45H80N16O8. The highest BCUT2D eigenvalue weighted by molar-refractivity contribution is 5.97. The molecule has 0 saturated heterocycles. The molecule has 0 bridgehead atoms. The Kier molecular flexibility index (Phi) is 28.2. The van der Waals surface area contributed by atoms with Crippen LogP contribution < -0.4 is 77.4 Å². The van der Waals surface area contributed by atoms with Gasteiger partial charge in [-0.15, -0.1) is 0 Å². The average Bonchev–Trinajstić information content (AvgIpc) is 3.28. The Morgan fingerprint density at radius 1 is 0.536 bits per heavy atom. The van der Waals surface area contributed by atoms with E-state index >= 15 is 0 Å². The second-order valence-electron chi connectivity index (χ2n) is 17.6. The minimum absolute atomic E-state index is 0.0274. The van der Waals surface area contributed by atoms with Gasteiger partial charge >= 0.3 is 0 Å². The summed E-state index contributed by atoms with van der Waals surface area (Å²) in [5, 5.41) is 18.7. The first-order valence-corrected chi connectivity index (χ1v) is 23.5. The third kappa shape index (κ3) is 24.3. The molecule has 8 amide bonds. The summed E-state index contributed by atoms with van der Waals surface area (Å²) >= 11 is 0. The summed E-state index contributed by atoms with van der Waals surface area (Å²) in [5.41, 5.74) is 39.9. The van der Waals surface area contributed by atoms with E-state index in [9.17, 15) is 38.4 Å². The maximum atomic E-state index is 14.3. The third-order valence-corrected chi connectivity index (χ3v) is 11.0. The summed E-state index contributed by atoms with van der Waals surface area (Å²) in [4.78, 5) is 116. The number of benzene rings is 1. The van der Waals surface area contributed by atoms with Crippen LogP contribution in [0.2, 0.25) is 0 Å². The number of rotatable bonds is 33. The van der Waals surface area contributed by atoms with Crippen molar-refractivity contribution < 1.29 is 38.4 Å². The maximum Gasteiger partial charge on any atom is 0.243 e. The van der Waals surface area contributed by atoms with Crippen LogP contribution in [0.5, 0.6) is 0 Å². The van der Waals surface area contributed by atoms with Crippen LogP contribution in [0.3, 0.4) is 0 Å². The molecule has 0 aromatic heterocycles. The van der Waals surface area contributed by atoms with Gasteiger partial charge in [0.25, 0.3) is 0 Å². The first-order chi connectivity index (χ1) is 32.5. The predicted octanol–water partition coefficient (Wildman–Crippen LogP) is -3.20. The third-order valence-electron chi connectivity index (χ3n) is 11.0. The fourth-order valence-electron chi connectivity index (χ4n) is 6.82. The standard InChI is InChI=1S/C45H80N16O8/c1-7-26(4)35(43(69)59-33(36(48)62)24-29-15-9-8-10-16-29)61-42(68)34(23-25(2)3)60-41(67)32(19-14-22-54-45(51)52)58-40(66)31(18-13-21-53-44(49)50)57-39(65)30(17-11-12-20-46)56-38(64)28(6)55-37(63)27(5)47/h8-10,15-16,25-28,30-35H,7,11-14,17-24,46-47H2,1-6H3,(H2,48,62)(H,55,63)(H,56,64)(H,57,65)(H,58,66)(H,59,69)(H,60,67)(H,61,68)(H4,49,50,53)(H4,51,52,54)/t26-,27-,28-,30-,31-,32-,33-,34-,35-/m0/s1. The van der Waals surface area contributed by atoms with Crippen molar-refractivity contribution in [3.05, 3.63) is 35.9 Å².